The largest absolute Gasteiger partial charge is 0.378 e. The molecule has 2 aromatic heterocycles. The predicted molar refractivity (Wildman–Crippen MR) is 89.6 cm³/mol. The molecule has 21 heavy (non-hydrogen) atoms. The van der Waals surface area contributed by atoms with E-state index in [0.29, 0.717) is 6.04 Å². The number of halogens is 1. The SMILES string of the molecule is CC(Nc1ccc(Cn2cncn2)cc1)c1ccc(Br)s1. The van der Waals surface area contributed by atoms with E-state index in [1.165, 1.54) is 10.4 Å². The van der Waals surface area contributed by atoms with E-state index in [0.717, 1.165) is 16.0 Å². The lowest BCUT2D eigenvalue weighted by Crippen LogP contribution is -2.05. The van der Waals surface area contributed by atoms with E-state index in [1.807, 2.05) is 4.68 Å². The van der Waals surface area contributed by atoms with Crippen molar-refractivity contribution in [1.29, 1.82) is 0 Å². The average molecular weight is 363 g/mol. The Morgan fingerprint density at radius 2 is 2.05 bits per heavy atom. The van der Waals surface area contributed by atoms with Crippen molar-refractivity contribution in [2.24, 2.45) is 0 Å². The van der Waals surface area contributed by atoms with Crippen molar-refractivity contribution in [3.8, 4) is 0 Å². The minimum absolute atomic E-state index is 0.294. The van der Waals surface area contributed by atoms with Gasteiger partial charge in [0.2, 0.25) is 0 Å². The monoisotopic (exact) mass is 362 g/mol. The van der Waals surface area contributed by atoms with Crippen LogP contribution in [0.5, 0.6) is 0 Å². The van der Waals surface area contributed by atoms with Crippen LogP contribution in [-0.4, -0.2) is 14.8 Å². The summed E-state index contributed by atoms with van der Waals surface area (Å²) in [5.74, 6) is 0. The highest BCUT2D eigenvalue weighted by Crippen LogP contribution is 2.29. The van der Waals surface area contributed by atoms with Gasteiger partial charge in [0.15, 0.2) is 0 Å². The molecule has 3 rings (SSSR count). The maximum absolute atomic E-state index is 4.11. The van der Waals surface area contributed by atoms with Gasteiger partial charge in [-0.2, -0.15) is 5.10 Å². The molecule has 0 aliphatic rings. The van der Waals surface area contributed by atoms with Crippen LogP contribution in [0.1, 0.15) is 23.4 Å². The van der Waals surface area contributed by atoms with Crippen molar-refractivity contribution < 1.29 is 0 Å². The zero-order valence-corrected chi connectivity index (χ0v) is 13.9. The van der Waals surface area contributed by atoms with Crippen molar-refractivity contribution >= 4 is 33.0 Å². The Hall–Kier alpha value is -1.66. The molecule has 0 amide bonds. The van der Waals surface area contributed by atoms with Crippen molar-refractivity contribution in [3.63, 3.8) is 0 Å². The molecule has 0 radical (unpaired) electrons. The summed E-state index contributed by atoms with van der Waals surface area (Å²) < 4.78 is 2.98. The first-order valence-corrected chi connectivity index (χ1v) is 8.25. The van der Waals surface area contributed by atoms with Gasteiger partial charge in [0.1, 0.15) is 12.7 Å². The van der Waals surface area contributed by atoms with Crippen molar-refractivity contribution in [2.45, 2.75) is 19.5 Å². The second-order valence-electron chi connectivity index (χ2n) is 4.80. The Morgan fingerprint density at radius 1 is 1.24 bits per heavy atom. The quantitative estimate of drug-likeness (QED) is 0.734. The van der Waals surface area contributed by atoms with E-state index < -0.39 is 0 Å². The molecule has 0 spiro atoms. The normalized spacial score (nSPS) is 12.3. The summed E-state index contributed by atoms with van der Waals surface area (Å²) in [4.78, 5) is 5.26. The number of hydrogen-bond donors (Lipinski definition) is 1. The van der Waals surface area contributed by atoms with Crippen molar-refractivity contribution in [3.05, 3.63) is 63.3 Å². The molecule has 0 fully saturated rings. The van der Waals surface area contributed by atoms with Crippen molar-refractivity contribution in [1.82, 2.24) is 14.8 Å². The molecule has 4 nitrogen and oxygen atoms in total. The van der Waals surface area contributed by atoms with Gasteiger partial charge in [-0.1, -0.05) is 12.1 Å². The molecule has 108 valence electrons. The van der Waals surface area contributed by atoms with Gasteiger partial charge in [-0.05, 0) is 52.7 Å². The predicted octanol–water partition coefficient (Wildman–Crippen LogP) is 4.32. The lowest BCUT2D eigenvalue weighted by atomic mass is 10.2. The third-order valence-corrected chi connectivity index (χ3v) is 4.98. The number of nitrogens with one attached hydrogen (secondary N) is 1. The summed E-state index contributed by atoms with van der Waals surface area (Å²) in [5.41, 5.74) is 2.33. The molecule has 1 atom stereocenters. The van der Waals surface area contributed by atoms with Crippen LogP contribution >= 0.6 is 27.3 Å². The lowest BCUT2D eigenvalue weighted by Gasteiger charge is -2.14. The fraction of sp³-hybridized carbons (Fsp3) is 0.200. The van der Waals surface area contributed by atoms with Gasteiger partial charge in [-0.25, -0.2) is 9.67 Å². The maximum atomic E-state index is 4.11. The molecule has 3 aromatic rings. The van der Waals surface area contributed by atoms with E-state index >= 15 is 0 Å². The van der Waals surface area contributed by atoms with Gasteiger partial charge in [0.05, 0.1) is 16.4 Å². The lowest BCUT2D eigenvalue weighted by molar-refractivity contribution is 0.685. The molecule has 0 saturated carbocycles. The highest BCUT2D eigenvalue weighted by Gasteiger charge is 2.07. The second kappa shape index (κ2) is 6.41. The molecule has 0 aliphatic heterocycles. The zero-order chi connectivity index (χ0) is 14.7. The molecule has 1 N–H and O–H groups in total. The number of nitrogens with zero attached hydrogens (tertiary/aromatic N) is 3. The Bertz CT molecular complexity index is 691. The summed E-state index contributed by atoms with van der Waals surface area (Å²) in [6.07, 6.45) is 3.28. The highest BCUT2D eigenvalue weighted by atomic mass is 79.9. The zero-order valence-electron chi connectivity index (χ0n) is 11.5. The molecular weight excluding hydrogens is 348 g/mol. The minimum atomic E-state index is 0.294. The Morgan fingerprint density at radius 3 is 2.67 bits per heavy atom. The van der Waals surface area contributed by atoms with E-state index in [1.54, 1.807) is 24.0 Å². The molecule has 1 unspecified atom stereocenters. The van der Waals surface area contributed by atoms with Crippen LogP contribution in [0, 0.1) is 0 Å². The molecule has 0 saturated heterocycles. The van der Waals surface area contributed by atoms with Gasteiger partial charge in [0.25, 0.3) is 0 Å². The molecule has 2 heterocycles. The number of hydrogen-bond acceptors (Lipinski definition) is 4. The third-order valence-electron chi connectivity index (χ3n) is 3.17. The van der Waals surface area contributed by atoms with Gasteiger partial charge in [-0.3, -0.25) is 0 Å². The number of thiophene rings is 1. The standard InChI is InChI=1S/C15H15BrN4S/c1-11(14-6-7-15(16)21-14)19-13-4-2-12(3-5-13)8-20-10-17-9-18-20/h2-7,9-11,19H,8H2,1H3. The topological polar surface area (TPSA) is 42.7 Å². The number of benzene rings is 1. The van der Waals surface area contributed by atoms with Gasteiger partial charge in [0, 0.05) is 10.6 Å². The molecule has 0 bridgehead atoms. The fourth-order valence-corrected chi connectivity index (χ4v) is 3.52. The number of aromatic nitrogens is 3. The van der Waals surface area contributed by atoms with Crippen LogP contribution in [0.25, 0.3) is 0 Å². The number of rotatable bonds is 5. The average Bonchev–Trinajstić information content (AvgIpc) is 3.12. The third kappa shape index (κ3) is 3.71. The van der Waals surface area contributed by atoms with Crippen LogP contribution in [0.2, 0.25) is 0 Å². The minimum Gasteiger partial charge on any atom is -0.378 e. The smallest absolute Gasteiger partial charge is 0.137 e. The van der Waals surface area contributed by atoms with E-state index in [2.05, 4.69) is 74.7 Å². The first-order valence-electron chi connectivity index (χ1n) is 6.64. The fourth-order valence-electron chi connectivity index (χ4n) is 2.09. The molecule has 0 aliphatic carbocycles. The van der Waals surface area contributed by atoms with Crippen LogP contribution in [-0.2, 0) is 6.54 Å². The summed E-state index contributed by atoms with van der Waals surface area (Å²) in [7, 11) is 0. The summed E-state index contributed by atoms with van der Waals surface area (Å²) in [6, 6.07) is 13.0. The van der Waals surface area contributed by atoms with Gasteiger partial charge >= 0.3 is 0 Å². The Balaban J connectivity index is 1.64. The summed E-state index contributed by atoms with van der Waals surface area (Å²) in [6.45, 7) is 2.91. The molecule has 6 heteroatoms. The maximum Gasteiger partial charge on any atom is 0.137 e. The summed E-state index contributed by atoms with van der Waals surface area (Å²) >= 11 is 5.26. The second-order valence-corrected chi connectivity index (χ2v) is 7.29. The Kier molecular flexibility index (Phi) is 4.36. The van der Waals surface area contributed by atoms with E-state index in [4.69, 9.17) is 0 Å². The van der Waals surface area contributed by atoms with Crippen molar-refractivity contribution in [2.75, 3.05) is 5.32 Å². The van der Waals surface area contributed by atoms with Gasteiger partial charge in [-0.15, -0.1) is 11.3 Å². The first-order chi connectivity index (χ1) is 10.2. The van der Waals surface area contributed by atoms with Crippen LogP contribution in [0.3, 0.4) is 0 Å². The summed E-state index contributed by atoms with van der Waals surface area (Å²) in [5, 5.41) is 7.62. The first kappa shape index (κ1) is 14.3. The molecular formula is C15H15BrN4S. The van der Waals surface area contributed by atoms with E-state index in [-0.39, 0.29) is 0 Å². The van der Waals surface area contributed by atoms with Crippen LogP contribution in [0.15, 0.2) is 52.8 Å². The Labute approximate surface area is 136 Å². The van der Waals surface area contributed by atoms with Crippen LogP contribution < -0.4 is 5.32 Å². The number of anilines is 1. The van der Waals surface area contributed by atoms with Gasteiger partial charge < -0.3 is 5.32 Å². The molecule has 1 aromatic carbocycles. The van der Waals surface area contributed by atoms with E-state index in [9.17, 15) is 0 Å². The van der Waals surface area contributed by atoms with Crippen LogP contribution in [0.4, 0.5) is 5.69 Å². The highest BCUT2D eigenvalue weighted by molar-refractivity contribution is 9.11.